The summed E-state index contributed by atoms with van der Waals surface area (Å²) in [5, 5.41) is 6.62. The normalized spacial score (nSPS) is 12.1. The fourth-order valence-corrected chi connectivity index (χ4v) is 2.32. The number of hydrogen-bond donors (Lipinski definition) is 2. The van der Waals surface area contributed by atoms with Gasteiger partial charge in [0.1, 0.15) is 6.04 Å². The van der Waals surface area contributed by atoms with Gasteiger partial charge in [0.25, 0.3) is 0 Å². The van der Waals surface area contributed by atoms with E-state index in [-0.39, 0.29) is 11.8 Å². The van der Waals surface area contributed by atoms with E-state index in [4.69, 9.17) is 0 Å². The number of carbonyl (C=O) groups excluding carboxylic acids is 2. The molecule has 1 unspecified atom stereocenters. The van der Waals surface area contributed by atoms with Gasteiger partial charge in [-0.15, -0.1) is 0 Å². The molecular weight excluding hydrogens is 266 g/mol. The molecule has 112 valence electrons. The second-order valence-electron chi connectivity index (χ2n) is 5.13. The number of aryl methyl sites for hydroxylation is 1. The first-order valence-corrected chi connectivity index (χ1v) is 7.16. The van der Waals surface area contributed by atoms with Gasteiger partial charge in [-0.05, 0) is 30.9 Å². The van der Waals surface area contributed by atoms with E-state index in [1.807, 2.05) is 12.1 Å². The minimum Gasteiger partial charge on any atom is -0.354 e. The zero-order valence-corrected chi connectivity index (χ0v) is 12.4. The van der Waals surface area contributed by atoms with Crippen molar-refractivity contribution in [1.82, 2.24) is 15.2 Å². The van der Waals surface area contributed by atoms with Crippen LogP contribution in [0.15, 0.2) is 36.5 Å². The molecular formula is C16H21N3O2. The van der Waals surface area contributed by atoms with Crippen LogP contribution in [0.2, 0.25) is 0 Å². The average molecular weight is 287 g/mol. The largest absolute Gasteiger partial charge is 0.354 e. The van der Waals surface area contributed by atoms with Crippen molar-refractivity contribution in [3.05, 3.63) is 36.5 Å². The second-order valence-corrected chi connectivity index (χ2v) is 5.13. The highest BCUT2D eigenvalue weighted by molar-refractivity contribution is 5.86. The zero-order valence-electron chi connectivity index (χ0n) is 12.4. The van der Waals surface area contributed by atoms with E-state index in [1.165, 1.54) is 17.8 Å². The van der Waals surface area contributed by atoms with E-state index >= 15 is 0 Å². The molecule has 1 aromatic heterocycles. The van der Waals surface area contributed by atoms with Crippen molar-refractivity contribution in [2.75, 3.05) is 6.54 Å². The van der Waals surface area contributed by atoms with Gasteiger partial charge in [-0.25, -0.2) is 0 Å². The molecule has 1 heterocycles. The summed E-state index contributed by atoms with van der Waals surface area (Å²) < 4.78 is 2.18. The Bertz CT molecular complexity index is 633. The van der Waals surface area contributed by atoms with E-state index in [2.05, 4.69) is 39.6 Å². The molecule has 0 saturated carbocycles. The summed E-state index contributed by atoms with van der Waals surface area (Å²) in [6.07, 6.45) is 2.91. The van der Waals surface area contributed by atoms with Crippen LogP contribution in [-0.4, -0.2) is 29.0 Å². The molecule has 1 aromatic carbocycles. The number of nitrogens with zero attached hydrogens (tertiary/aromatic N) is 1. The van der Waals surface area contributed by atoms with Crippen molar-refractivity contribution < 1.29 is 9.59 Å². The van der Waals surface area contributed by atoms with Crippen LogP contribution in [0.25, 0.3) is 10.9 Å². The van der Waals surface area contributed by atoms with E-state index < -0.39 is 6.04 Å². The molecule has 21 heavy (non-hydrogen) atoms. The predicted octanol–water partition coefficient (Wildman–Crippen LogP) is 1.67. The van der Waals surface area contributed by atoms with Crippen LogP contribution in [0.5, 0.6) is 0 Å². The fraction of sp³-hybridized carbons (Fsp3) is 0.375. The van der Waals surface area contributed by atoms with Gasteiger partial charge >= 0.3 is 0 Å². The van der Waals surface area contributed by atoms with Gasteiger partial charge < -0.3 is 15.2 Å². The summed E-state index contributed by atoms with van der Waals surface area (Å²) in [6, 6.07) is 9.82. The predicted molar refractivity (Wildman–Crippen MR) is 82.8 cm³/mol. The molecule has 0 saturated heterocycles. The Hall–Kier alpha value is -2.30. The Balaban J connectivity index is 1.77. The van der Waals surface area contributed by atoms with Crippen molar-refractivity contribution in [3.63, 3.8) is 0 Å². The number of benzene rings is 1. The molecule has 0 bridgehead atoms. The van der Waals surface area contributed by atoms with Crippen LogP contribution >= 0.6 is 0 Å². The molecule has 5 heteroatoms. The number of aromatic nitrogens is 1. The molecule has 2 rings (SSSR count). The highest BCUT2D eigenvalue weighted by atomic mass is 16.2. The highest BCUT2D eigenvalue weighted by Gasteiger charge is 2.12. The van der Waals surface area contributed by atoms with Crippen molar-refractivity contribution in [3.8, 4) is 0 Å². The first kappa shape index (κ1) is 15.1. The molecule has 5 nitrogen and oxygen atoms in total. The monoisotopic (exact) mass is 287 g/mol. The summed E-state index contributed by atoms with van der Waals surface area (Å²) in [5.74, 6) is -0.348. The maximum absolute atomic E-state index is 11.7. The number of fused-ring (bicyclic) bond motifs is 1. The third-order valence-corrected chi connectivity index (χ3v) is 3.37. The third-order valence-electron chi connectivity index (χ3n) is 3.37. The molecule has 1 atom stereocenters. The highest BCUT2D eigenvalue weighted by Crippen LogP contribution is 2.15. The van der Waals surface area contributed by atoms with Crippen molar-refractivity contribution in [1.29, 1.82) is 0 Å². The summed E-state index contributed by atoms with van der Waals surface area (Å²) in [7, 11) is 0. The van der Waals surface area contributed by atoms with Crippen molar-refractivity contribution >= 4 is 22.7 Å². The molecule has 0 radical (unpaired) electrons. The SMILES string of the molecule is CC(=O)NC(C)C(=O)NCCCn1ccc2ccccc21. The third kappa shape index (κ3) is 4.08. The molecule has 2 N–H and O–H groups in total. The average Bonchev–Trinajstić information content (AvgIpc) is 2.86. The summed E-state index contributed by atoms with van der Waals surface area (Å²) in [4.78, 5) is 22.6. The molecule has 0 aliphatic carbocycles. The van der Waals surface area contributed by atoms with Crippen LogP contribution in [0.4, 0.5) is 0 Å². The van der Waals surface area contributed by atoms with Crippen molar-refractivity contribution in [2.24, 2.45) is 0 Å². The number of carbonyl (C=O) groups is 2. The van der Waals surface area contributed by atoms with E-state index in [0.717, 1.165) is 13.0 Å². The quantitative estimate of drug-likeness (QED) is 0.794. The maximum atomic E-state index is 11.7. The Kier molecular flexibility index (Phi) is 4.98. The smallest absolute Gasteiger partial charge is 0.242 e. The van der Waals surface area contributed by atoms with Gasteiger partial charge in [0.15, 0.2) is 0 Å². The van der Waals surface area contributed by atoms with Crippen molar-refractivity contribution in [2.45, 2.75) is 32.9 Å². The first-order valence-electron chi connectivity index (χ1n) is 7.16. The molecule has 0 aliphatic rings. The maximum Gasteiger partial charge on any atom is 0.242 e. The Morgan fingerprint density at radius 2 is 2.00 bits per heavy atom. The summed E-state index contributed by atoms with van der Waals surface area (Å²) >= 11 is 0. The minimum atomic E-state index is -0.491. The van der Waals surface area contributed by atoms with Gasteiger partial charge in [-0.2, -0.15) is 0 Å². The molecule has 2 amide bonds. The summed E-state index contributed by atoms with van der Waals surface area (Å²) in [6.45, 7) is 4.52. The Labute approximate surface area is 124 Å². The number of rotatable bonds is 6. The van der Waals surface area contributed by atoms with Gasteiger partial charge in [0.2, 0.25) is 11.8 Å². The topological polar surface area (TPSA) is 63.1 Å². The van der Waals surface area contributed by atoms with E-state index in [1.54, 1.807) is 6.92 Å². The first-order chi connectivity index (χ1) is 10.1. The fourth-order valence-electron chi connectivity index (χ4n) is 2.32. The Morgan fingerprint density at radius 1 is 1.24 bits per heavy atom. The van der Waals surface area contributed by atoms with Gasteiger partial charge in [0.05, 0.1) is 0 Å². The van der Waals surface area contributed by atoms with Crippen LogP contribution in [0, 0.1) is 0 Å². The molecule has 0 fully saturated rings. The van der Waals surface area contributed by atoms with Crippen LogP contribution < -0.4 is 10.6 Å². The molecule has 0 aliphatic heterocycles. The second kappa shape index (κ2) is 6.92. The van der Waals surface area contributed by atoms with E-state index in [0.29, 0.717) is 6.54 Å². The number of hydrogen-bond acceptors (Lipinski definition) is 2. The Morgan fingerprint density at radius 3 is 2.76 bits per heavy atom. The minimum absolute atomic E-state index is 0.150. The lowest BCUT2D eigenvalue weighted by atomic mass is 10.2. The number of para-hydroxylation sites is 1. The van der Waals surface area contributed by atoms with Crippen LogP contribution in [0.3, 0.4) is 0 Å². The van der Waals surface area contributed by atoms with E-state index in [9.17, 15) is 9.59 Å². The zero-order chi connectivity index (χ0) is 15.2. The van der Waals surface area contributed by atoms with Gasteiger partial charge in [-0.1, -0.05) is 18.2 Å². The molecule has 2 aromatic rings. The number of amides is 2. The lowest BCUT2D eigenvalue weighted by molar-refractivity contribution is -0.127. The lowest BCUT2D eigenvalue weighted by Gasteiger charge is -2.13. The van der Waals surface area contributed by atoms with Crippen LogP contribution in [0.1, 0.15) is 20.3 Å². The van der Waals surface area contributed by atoms with Crippen LogP contribution in [-0.2, 0) is 16.1 Å². The van der Waals surface area contributed by atoms with Gasteiger partial charge in [0, 0.05) is 31.7 Å². The molecule has 0 spiro atoms. The lowest BCUT2D eigenvalue weighted by Crippen LogP contribution is -2.44. The standard InChI is InChI=1S/C16H21N3O2/c1-12(18-13(2)20)16(21)17-9-5-10-19-11-8-14-6-3-4-7-15(14)19/h3-4,6-8,11-12H,5,9-10H2,1-2H3,(H,17,21)(H,18,20). The number of nitrogens with one attached hydrogen (secondary N) is 2. The van der Waals surface area contributed by atoms with Gasteiger partial charge in [-0.3, -0.25) is 9.59 Å². The summed E-state index contributed by atoms with van der Waals surface area (Å²) in [5.41, 5.74) is 1.20.